The maximum atomic E-state index is 13.0. The quantitative estimate of drug-likeness (QED) is 0.601. The van der Waals surface area contributed by atoms with Crippen LogP contribution in [0.5, 0.6) is 0 Å². The van der Waals surface area contributed by atoms with Gasteiger partial charge in [0.25, 0.3) is 0 Å². The highest BCUT2D eigenvalue weighted by Crippen LogP contribution is 2.16. The van der Waals surface area contributed by atoms with Crippen LogP contribution in [0.25, 0.3) is 0 Å². The summed E-state index contributed by atoms with van der Waals surface area (Å²) in [5, 5.41) is 0. The van der Waals surface area contributed by atoms with E-state index in [0.29, 0.717) is 5.96 Å². The van der Waals surface area contributed by atoms with E-state index in [4.69, 9.17) is 11.5 Å². The van der Waals surface area contributed by atoms with Crippen LogP contribution in [0.2, 0.25) is 0 Å². The topological polar surface area (TPSA) is 80.0 Å². The lowest BCUT2D eigenvalue weighted by Gasteiger charge is -2.27. The van der Waals surface area contributed by atoms with E-state index in [2.05, 4.69) is 9.98 Å². The van der Waals surface area contributed by atoms with E-state index in [-0.39, 0.29) is 36.5 Å². The summed E-state index contributed by atoms with van der Waals surface area (Å²) in [7, 11) is 0. The first-order valence-corrected chi connectivity index (χ1v) is 6.44. The zero-order chi connectivity index (χ0) is 14.5. The monoisotopic (exact) mass is 353 g/mol. The van der Waals surface area contributed by atoms with Crippen LogP contribution in [0, 0.1) is 11.6 Å². The van der Waals surface area contributed by atoms with Gasteiger partial charge in [0.1, 0.15) is 0 Å². The number of hydrogen-bond acceptors (Lipinski definition) is 1. The molecule has 0 aliphatic carbocycles. The van der Waals surface area contributed by atoms with Gasteiger partial charge in [0.2, 0.25) is 5.96 Å². The molecule has 0 aromatic heterocycles. The second-order valence-electron chi connectivity index (χ2n) is 4.59. The number of nitrogens with zero attached hydrogens (tertiary/aromatic N) is 3. The maximum absolute atomic E-state index is 13.0. The largest absolute Gasteiger partial charge is 0.369 e. The van der Waals surface area contributed by atoms with E-state index in [1.807, 2.05) is 4.90 Å². The minimum atomic E-state index is -0.980. The summed E-state index contributed by atoms with van der Waals surface area (Å²) in [6.45, 7) is 1.68. The van der Waals surface area contributed by atoms with Gasteiger partial charge in [-0.2, -0.15) is 4.99 Å². The van der Waals surface area contributed by atoms with Gasteiger partial charge in [-0.15, -0.1) is 24.8 Å². The second kappa shape index (κ2) is 9.42. The Morgan fingerprint density at radius 3 is 2.23 bits per heavy atom. The van der Waals surface area contributed by atoms with E-state index < -0.39 is 11.6 Å². The van der Waals surface area contributed by atoms with Gasteiger partial charge in [-0.3, -0.25) is 0 Å². The summed E-state index contributed by atoms with van der Waals surface area (Å²) in [5.74, 6) is -1.70. The van der Waals surface area contributed by atoms with E-state index in [0.717, 1.165) is 38.1 Å². The van der Waals surface area contributed by atoms with Crippen LogP contribution < -0.4 is 11.5 Å². The molecule has 1 aliphatic heterocycles. The fourth-order valence-electron chi connectivity index (χ4n) is 2.02. The maximum Gasteiger partial charge on any atom is 0.223 e. The molecule has 0 atom stereocenters. The molecule has 1 aliphatic rings. The molecule has 1 aromatic carbocycles. The van der Waals surface area contributed by atoms with Crippen molar-refractivity contribution in [2.24, 2.45) is 21.5 Å². The summed E-state index contributed by atoms with van der Waals surface area (Å²) >= 11 is 0. The van der Waals surface area contributed by atoms with Crippen LogP contribution >= 0.6 is 24.8 Å². The molecule has 0 saturated carbocycles. The van der Waals surface area contributed by atoms with Crippen molar-refractivity contribution in [3.8, 4) is 0 Å². The van der Waals surface area contributed by atoms with Gasteiger partial charge < -0.3 is 16.4 Å². The number of rotatable bonds is 1. The lowest BCUT2D eigenvalue weighted by molar-refractivity contribution is 0.339. The molecule has 1 fully saturated rings. The summed E-state index contributed by atoms with van der Waals surface area (Å²) in [4.78, 5) is 9.80. The number of guanidine groups is 2. The number of piperidine rings is 1. The molecule has 0 bridgehead atoms. The van der Waals surface area contributed by atoms with E-state index in [1.165, 1.54) is 12.5 Å². The van der Waals surface area contributed by atoms with Crippen molar-refractivity contribution in [3.05, 3.63) is 29.8 Å². The van der Waals surface area contributed by atoms with Gasteiger partial charge in [-0.05, 0) is 31.4 Å². The van der Waals surface area contributed by atoms with E-state index >= 15 is 0 Å². The first-order valence-electron chi connectivity index (χ1n) is 6.44. The third-order valence-corrected chi connectivity index (χ3v) is 3.06. The molecule has 22 heavy (non-hydrogen) atoms. The minimum Gasteiger partial charge on any atom is -0.369 e. The van der Waals surface area contributed by atoms with Crippen LogP contribution in [0.4, 0.5) is 14.5 Å². The smallest absolute Gasteiger partial charge is 0.223 e. The summed E-state index contributed by atoms with van der Waals surface area (Å²) in [6.07, 6.45) is 3.31. The van der Waals surface area contributed by atoms with Gasteiger partial charge in [-0.1, -0.05) is 0 Å². The van der Waals surface area contributed by atoms with Gasteiger partial charge in [0, 0.05) is 19.2 Å². The van der Waals surface area contributed by atoms with Gasteiger partial charge in [0.05, 0.1) is 5.69 Å². The molecule has 9 heteroatoms. The Morgan fingerprint density at radius 2 is 1.64 bits per heavy atom. The van der Waals surface area contributed by atoms with Crippen molar-refractivity contribution in [1.29, 1.82) is 0 Å². The Balaban J connectivity index is 0.00000220. The van der Waals surface area contributed by atoms with Gasteiger partial charge >= 0.3 is 0 Å². The molecular weight excluding hydrogens is 335 g/mol. The molecule has 1 heterocycles. The number of halogens is 4. The summed E-state index contributed by atoms with van der Waals surface area (Å²) in [6, 6.07) is 3.26. The summed E-state index contributed by atoms with van der Waals surface area (Å²) in [5.41, 5.74) is 11.7. The van der Waals surface area contributed by atoms with Crippen molar-refractivity contribution >= 4 is 42.4 Å². The average Bonchev–Trinajstić information content (AvgIpc) is 2.44. The Hall–Kier alpha value is -1.60. The predicted molar refractivity (Wildman–Crippen MR) is 89.2 cm³/mol. The van der Waals surface area contributed by atoms with Crippen LogP contribution in [0.15, 0.2) is 28.2 Å². The van der Waals surface area contributed by atoms with E-state index in [9.17, 15) is 8.78 Å². The van der Waals surface area contributed by atoms with E-state index in [1.54, 1.807) is 0 Å². The van der Waals surface area contributed by atoms with Crippen molar-refractivity contribution in [2.45, 2.75) is 19.3 Å². The van der Waals surface area contributed by atoms with Crippen LogP contribution in [0.1, 0.15) is 19.3 Å². The minimum absolute atomic E-state index is 0. The SMILES string of the molecule is Cl.Cl.NC(=Nc1ccc(F)c(F)c1)/N=C(/N)N1CCCCC1. The number of aliphatic imine (C=N–C) groups is 2. The number of hydrogen-bond donors (Lipinski definition) is 2. The van der Waals surface area contributed by atoms with Crippen molar-refractivity contribution in [3.63, 3.8) is 0 Å². The molecule has 1 aromatic rings. The van der Waals surface area contributed by atoms with Crippen LogP contribution in [0.3, 0.4) is 0 Å². The van der Waals surface area contributed by atoms with Crippen molar-refractivity contribution in [2.75, 3.05) is 13.1 Å². The average molecular weight is 354 g/mol. The molecule has 1 saturated heterocycles. The van der Waals surface area contributed by atoms with Gasteiger partial charge in [0.15, 0.2) is 17.6 Å². The molecule has 5 nitrogen and oxygen atoms in total. The second-order valence-corrected chi connectivity index (χ2v) is 4.59. The highest BCUT2D eigenvalue weighted by atomic mass is 35.5. The molecule has 0 unspecified atom stereocenters. The lowest BCUT2D eigenvalue weighted by atomic mass is 10.1. The first kappa shape index (κ1) is 20.4. The van der Waals surface area contributed by atoms with Crippen molar-refractivity contribution in [1.82, 2.24) is 4.90 Å². The Morgan fingerprint density at radius 1 is 1.00 bits per heavy atom. The highest BCUT2D eigenvalue weighted by Gasteiger charge is 2.12. The Kier molecular flexibility index (Phi) is 8.74. The molecule has 0 spiro atoms. The molecule has 2 rings (SSSR count). The fraction of sp³-hybridized carbons (Fsp3) is 0.385. The molecular formula is C13H19Cl2F2N5. The third kappa shape index (κ3) is 5.65. The number of likely N-dealkylation sites (tertiary alicyclic amines) is 1. The number of benzene rings is 1. The summed E-state index contributed by atoms with van der Waals surface area (Å²) < 4.78 is 25.8. The predicted octanol–water partition coefficient (Wildman–Crippen LogP) is 2.56. The Labute approximate surface area is 140 Å². The van der Waals surface area contributed by atoms with Crippen molar-refractivity contribution < 1.29 is 8.78 Å². The molecule has 0 radical (unpaired) electrons. The fourth-order valence-corrected chi connectivity index (χ4v) is 2.02. The first-order chi connectivity index (χ1) is 9.56. The lowest BCUT2D eigenvalue weighted by Crippen LogP contribution is -2.41. The zero-order valence-electron chi connectivity index (χ0n) is 11.8. The zero-order valence-corrected chi connectivity index (χ0v) is 13.5. The molecule has 124 valence electrons. The van der Waals surface area contributed by atoms with Crippen LogP contribution in [-0.2, 0) is 0 Å². The van der Waals surface area contributed by atoms with Gasteiger partial charge in [-0.25, -0.2) is 13.8 Å². The normalized spacial score (nSPS) is 15.8. The molecule has 0 amide bonds. The number of nitrogens with two attached hydrogens (primary N) is 2. The third-order valence-electron chi connectivity index (χ3n) is 3.06. The van der Waals surface area contributed by atoms with Crippen LogP contribution in [-0.4, -0.2) is 29.9 Å². The standard InChI is InChI=1S/C13H17F2N5.2ClH/c14-10-5-4-9(8-11(10)15)18-12(16)19-13(17)20-6-2-1-3-7-20;;/h4-5,8H,1-3,6-7H2,(H4,16,17,18,19);2*1H. The highest BCUT2D eigenvalue weighted by molar-refractivity contribution is 5.94. The molecule has 4 N–H and O–H groups in total. The Bertz CT molecular complexity index is 545.